The zero-order valence-corrected chi connectivity index (χ0v) is 9.76. The second kappa shape index (κ2) is 5.17. The number of hydrogen-bond acceptors (Lipinski definition) is 4. The maximum Gasteiger partial charge on any atom is 0.371 e. The number of carboxylic acid groups (broad SMARTS) is 1. The minimum absolute atomic E-state index is 0.701. The first-order chi connectivity index (χ1) is 8.56. The molecule has 0 amide bonds. The summed E-state index contributed by atoms with van der Waals surface area (Å²) in [5.74, 6) is -6.85. The number of rotatable bonds is 6. The molecule has 1 rings (SSSR count). The molecule has 0 aliphatic rings. The van der Waals surface area contributed by atoms with E-state index < -0.39 is 45.7 Å². The van der Waals surface area contributed by atoms with Crippen LogP contribution < -0.4 is 4.72 Å². The van der Waals surface area contributed by atoms with Crippen molar-refractivity contribution >= 4 is 16.0 Å². The van der Waals surface area contributed by atoms with E-state index in [2.05, 4.69) is 4.42 Å². The Kier molecular flexibility index (Phi) is 4.20. The number of aromatic carboxylic acids is 1. The lowest BCUT2D eigenvalue weighted by Gasteiger charge is -2.15. The molecule has 6 nitrogen and oxygen atoms in total. The Hall–Kier alpha value is -1.62. The highest BCUT2D eigenvalue weighted by Crippen LogP contribution is 2.22. The number of carboxylic acids is 1. The number of nitrogens with one attached hydrogen (secondary N) is 1. The Balaban J connectivity index is 2.84. The molecule has 108 valence electrons. The molecule has 0 aliphatic carbocycles. The van der Waals surface area contributed by atoms with E-state index in [-0.39, 0.29) is 0 Å². The van der Waals surface area contributed by atoms with Gasteiger partial charge < -0.3 is 9.52 Å². The summed E-state index contributed by atoms with van der Waals surface area (Å²) in [5, 5.41) is 7.50. The van der Waals surface area contributed by atoms with Gasteiger partial charge in [-0.05, 0) is 12.1 Å². The number of carbonyl (C=O) groups is 1. The van der Waals surface area contributed by atoms with E-state index in [9.17, 15) is 30.8 Å². The standard InChI is InChI=1S/C8H7F4NO5S/c9-7(10)8(11,12)3-13-19(16,17)5-2-1-4(18-5)6(14)15/h1-2,7,13H,3H2,(H,14,15). The first-order valence-electron chi connectivity index (χ1n) is 4.55. The Morgan fingerprint density at radius 3 is 2.42 bits per heavy atom. The molecule has 0 aromatic carbocycles. The number of sulfonamides is 1. The van der Waals surface area contributed by atoms with Crippen LogP contribution in [0.15, 0.2) is 21.6 Å². The molecular weight excluding hydrogens is 298 g/mol. The molecule has 1 heterocycles. The van der Waals surface area contributed by atoms with Crippen LogP contribution >= 0.6 is 0 Å². The highest BCUT2D eigenvalue weighted by Gasteiger charge is 2.42. The molecule has 0 atom stereocenters. The van der Waals surface area contributed by atoms with E-state index in [1.54, 1.807) is 0 Å². The van der Waals surface area contributed by atoms with Crippen LogP contribution in [0.5, 0.6) is 0 Å². The van der Waals surface area contributed by atoms with Gasteiger partial charge in [0.05, 0.1) is 6.54 Å². The van der Waals surface area contributed by atoms with Crippen molar-refractivity contribution in [2.24, 2.45) is 0 Å². The summed E-state index contributed by atoms with van der Waals surface area (Å²) in [5.41, 5.74) is 0. The average Bonchev–Trinajstić information content (AvgIpc) is 2.76. The average molecular weight is 305 g/mol. The molecule has 0 aliphatic heterocycles. The second-order valence-electron chi connectivity index (χ2n) is 3.31. The highest BCUT2D eigenvalue weighted by molar-refractivity contribution is 7.89. The number of furan rings is 1. The highest BCUT2D eigenvalue weighted by atomic mass is 32.2. The van der Waals surface area contributed by atoms with Gasteiger partial charge in [0.1, 0.15) is 0 Å². The van der Waals surface area contributed by atoms with Crippen LogP contribution in [-0.2, 0) is 10.0 Å². The Labute approximate surface area is 104 Å². The number of hydrogen-bond donors (Lipinski definition) is 2. The van der Waals surface area contributed by atoms with Crippen molar-refractivity contribution in [1.29, 1.82) is 0 Å². The van der Waals surface area contributed by atoms with Crippen LogP contribution in [0.2, 0.25) is 0 Å². The van der Waals surface area contributed by atoms with Crippen molar-refractivity contribution in [3.8, 4) is 0 Å². The normalized spacial score (nSPS) is 12.9. The molecular formula is C8H7F4NO5S. The zero-order chi connectivity index (χ0) is 14.8. The third-order valence-corrected chi connectivity index (χ3v) is 3.15. The molecule has 0 saturated heterocycles. The minimum atomic E-state index is -4.63. The largest absolute Gasteiger partial charge is 0.475 e. The Morgan fingerprint density at radius 1 is 1.42 bits per heavy atom. The van der Waals surface area contributed by atoms with Crippen molar-refractivity contribution < 1.29 is 40.3 Å². The summed E-state index contributed by atoms with van der Waals surface area (Å²) < 4.78 is 77.0. The maximum absolute atomic E-state index is 12.5. The van der Waals surface area contributed by atoms with Gasteiger partial charge in [-0.15, -0.1) is 0 Å². The van der Waals surface area contributed by atoms with Gasteiger partial charge in [-0.2, -0.15) is 8.78 Å². The van der Waals surface area contributed by atoms with Crippen molar-refractivity contribution in [1.82, 2.24) is 4.72 Å². The molecule has 0 bridgehead atoms. The zero-order valence-electron chi connectivity index (χ0n) is 8.94. The first kappa shape index (κ1) is 15.4. The van der Waals surface area contributed by atoms with Crippen LogP contribution in [0.3, 0.4) is 0 Å². The fraction of sp³-hybridized carbons (Fsp3) is 0.375. The lowest BCUT2D eigenvalue weighted by molar-refractivity contribution is -0.122. The molecule has 19 heavy (non-hydrogen) atoms. The van der Waals surface area contributed by atoms with Crippen LogP contribution in [0.25, 0.3) is 0 Å². The number of alkyl halides is 4. The minimum Gasteiger partial charge on any atom is -0.475 e. The Morgan fingerprint density at radius 2 is 2.00 bits per heavy atom. The smallest absolute Gasteiger partial charge is 0.371 e. The van der Waals surface area contributed by atoms with Crippen molar-refractivity contribution in [3.05, 3.63) is 17.9 Å². The number of halogens is 4. The third kappa shape index (κ3) is 3.67. The van der Waals surface area contributed by atoms with E-state index in [1.807, 2.05) is 0 Å². The van der Waals surface area contributed by atoms with E-state index in [1.165, 1.54) is 4.72 Å². The molecule has 11 heteroatoms. The van der Waals surface area contributed by atoms with Crippen molar-refractivity contribution in [2.75, 3.05) is 6.54 Å². The molecule has 0 saturated carbocycles. The van der Waals surface area contributed by atoms with Gasteiger partial charge in [0.2, 0.25) is 10.9 Å². The summed E-state index contributed by atoms with van der Waals surface area (Å²) in [6.07, 6.45) is -4.04. The van der Waals surface area contributed by atoms with Gasteiger partial charge in [0.25, 0.3) is 10.0 Å². The SMILES string of the molecule is O=C(O)c1ccc(S(=O)(=O)NCC(F)(F)C(F)F)o1. The van der Waals surface area contributed by atoms with Crippen LogP contribution in [-0.4, -0.2) is 38.4 Å². The molecule has 0 spiro atoms. The van der Waals surface area contributed by atoms with Crippen LogP contribution in [0.1, 0.15) is 10.6 Å². The summed E-state index contributed by atoms with van der Waals surface area (Å²) in [6, 6.07) is 1.48. The maximum atomic E-state index is 12.5. The van der Waals surface area contributed by atoms with Gasteiger partial charge in [-0.1, -0.05) is 0 Å². The lowest BCUT2D eigenvalue weighted by atomic mass is 10.4. The van der Waals surface area contributed by atoms with Crippen LogP contribution in [0, 0.1) is 0 Å². The van der Waals surface area contributed by atoms with E-state index in [0.717, 1.165) is 6.07 Å². The van der Waals surface area contributed by atoms with Crippen molar-refractivity contribution in [3.63, 3.8) is 0 Å². The van der Waals surface area contributed by atoms with Gasteiger partial charge in [0, 0.05) is 0 Å². The van der Waals surface area contributed by atoms with Gasteiger partial charge in [-0.25, -0.2) is 26.7 Å². The molecule has 1 aromatic heterocycles. The molecule has 1 aromatic rings. The lowest BCUT2D eigenvalue weighted by Crippen LogP contribution is -2.41. The molecule has 2 N–H and O–H groups in total. The third-order valence-electron chi connectivity index (χ3n) is 1.87. The molecule has 0 fully saturated rings. The predicted octanol–water partition coefficient (Wildman–Crippen LogP) is 1.16. The van der Waals surface area contributed by atoms with Crippen molar-refractivity contribution in [2.45, 2.75) is 17.4 Å². The van der Waals surface area contributed by atoms with E-state index in [4.69, 9.17) is 5.11 Å². The topological polar surface area (TPSA) is 96.6 Å². The molecule has 0 radical (unpaired) electrons. The first-order valence-corrected chi connectivity index (χ1v) is 6.03. The monoisotopic (exact) mass is 305 g/mol. The summed E-state index contributed by atoms with van der Waals surface area (Å²) in [7, 11) is -4.63. The quantitative estimate of drug-likeness (QED) is 0.769. The molecule has 0 unspecified atom stereocenters. The van der Waals surface area contributed by atoms with Gasteiger partial charge >= 0.3 is 18.3 Å². The van der Waals surface area contributed by atoms with Gasteiger partial charge in [-0.3, -0.25) is 0 Å². The Bertz CT molecular complexity index is 567. The fourth-order valence-electron chi connectivity index (χ4n) is 0.919. The summed E-state index contributed by atoms with van der Waals surface area (Å²) in [4.78, 5) is 10.4. The summed E-state index contributed by atoms with van der Waals surface area (Å²) in [6.45, 7) is -1.84. The van der Waals surface area contributed by atoms with E-state index in [0.29, 0.717) is 6.07 Å². The van der Waals surface area contributed by atoms with E-state index >= 15 is 0 Å². The second-order valence-corrected chi connectivity index (χ2v) is 5.01. The fourth-order valence-corrected chi connectivity index (χ4v) is 1.89. The predicted molar refractivity (Wildman–Crippen MR) is 51.8 cm³/mol. The van der Waals surface area contributed by atoms with Crippen LogP contribution in [0.4, 0.5) is 17.6 Å². The van der Waals surface area contributed by atoms with Gasteiger partial charge in [0.15, 0.2) is 0 Å². The summed E-state index contributed by atoms with van der Waals surface area (Å²) >= 11 is 0.